The normalized spacial score (nSPS) is 15.4. The Hall–Kier alpha value is -2.41. The number of rotatable bonds is 2. The van der Waals surface area contributed by atoms with Crippen LogP contribution in [0.4, 0.5) is 10.5 Å². The second kappa shape index (κ2) is 5.53. The van der Waals surface area contributed by atoms with Crippen LogP contribution >= 0.6 is 0 Å². The van der Waals surface area contributed by atoms with E-state index in [1.807, 2.05) is 35.8 Å². The first-order chi connectivity index (χ1) is 10.1. The third-order valence-corrected chi connectivity index (χ3v) is 3.61. The molecule has 1 aromatic carbocycles. The predicted octanol–water partition coefficient (Wildman–Crippen LogP) is 1.35. The summed E-state index contributed by atoms with van der Waals surface area (Å²) >= 11 is 0. The maximum Gasteiger partial charge on any atom is 0.322 e. The second-order valence-corrected chi connectivity index (χ2v) is 5.20. The minimum Gasteiger partial charge on any atom is -0.324 e. The van der Waals surface area contributed by atoms with Gasteiger partial charge in [0, 0.05) is 24.8 Å². The molecule has 1 aliphatic heterocycles. The number of carbonyl (C=O) groups is 1. The van der Waals surface area contributed by atoms with Gasteiger partial charge in [-0.3, -0.25) is 0 Å². The Kier molecular flexibility index (Phi) is 3.57. The van der Waals surface area contributed by atoms with E-state index in [4.69, 9.17) is 5.73 Å². The van der Waals surface area contributed by atoms with Crippen LogP contribution in [-0.2, 0) is 13.1 Å². The summed E-state index contributed by atoms with van der Waals surface area (Å²) in [6.07, 6.45) is 1.69. The fraction of sp³-hybridized carbons (Fsp3) is 0.357. The lowest BCUT2D eigenvalue weighted by Crippen LogP contribution is -2.40. The van der Waals surface area contributed by atoms with Gasteiger partial charge in [-0.1, -0.05) is 12.1 Å². The van der Waals surface area contributed by atoms with Gasteiger partial charge in [0.2, 0.25) is 0 Å². The molecule has 0 saturated carbocycles. The first-order valence-electron chi connectivity index (χ1n) is 6.91. The maximum atomic E-state index is 12.3. The van der Waals surface area contributed by atoms with Crippen LogP contribution in [-0.4, -0.2) is 32.2 Å². The van der Waals surface area contributed by atoms with Gasteiger partial charge in [0.15, 0.2) is 5.82 Å². The van der Waals surface area contributed by atoms with Crippen molar-refractivity contribution in [2.24, 2.45) is 5.73 Å². The van der Waals surface area contributed by atoms with Crippen LogP contribution in [0.3, 0.4) is 0 Å². The summed E-state index contributed by atoms with van der Waals surface area (Å²) in [5.41, 5.74) is 7.61. The summed E-state index contributed by atoms with van der Waals surface area (Å²) in [5, 5.41) is 10.7. The summed E-state index contributed by atoms with van der Waals surface area (Å²) in [4.78, 5) is 14.0. The van der Waals surface area contributed by atoms with Gasteiger partial charge in [-0.2, -0.15) is 0 Å². The fourth-order valence-electron chi connectivity index (χ4n) is 2.31. The Balaban J connectivity index is 1.64. The summed E-state index contributed by atoms with van der Waals surface area (Å²) in [6, 6.07) is 7.44. The second-order valence-electron chi connectivity index (χ2n) is 5.20. The summed E-state index contributed by atoms with van der Waals surface area (Å²) in [7, 11) is 0. The van der Waals surface area contributed by atoms with Crippen LogP contribution in [0, 0.1) is 0 Å². The number of nitrogens with one attached hydrogen (secondary N) is 1. The number of nitrogens with two attached hydrogens (primary N) is 1. The highest BCUT2D eigenvalue weighted by Gasteiger charge is 2.21. The largest absolute Gasteiger partial charge is 0.324 e. The molecule has 2 aromatic rings. The Labute approximate surface area is 122 Å². The Bertz CT molecular complexity index is 633. The molecule has 7 nitrogen and oxygen atoms in total. The molecule has 0 radical (unpaired) electrons. The number of fused-ring (bicyclic) bond motifs is 1. The van der Waals surface area contributed by atoms with Crippen molar-refractivity contribution in [2.45, 2.75) is 26.1 Å². The van der Waals surface area contributed by atoms with E-state index >= 15 is 0 Å². The zero-order valence-corrected chi connectivity index (χ0v) is 11.9. The summed E-state index contributed by atoms with van der Waals surface area (Å²) in [5.74, 6) is 0.809. The lowest BCUT2D eigenvalue weighted by Gasteiger charge is -2.27. The van der Waals surface area contributed by atoms with E-state index in [0.717, 1.165) is 23.6 Å². The molecular weight excluding hydrogens is 268 g/mol. The number of urea groups is 1. The van der Waals surface area contributed by atoms with Crippen LogP contribution < -0.4 is 11.1 Å². The van der Waals surface area contributed by atoms with Crippen LogP contribution in [0.15, 0.2) is 30.6 Å². The molecule has 0 bridgehead atoms. The van der Waals surface area contributed by atoms with Gasteiger partial charge in [0.05, 0.1) is 6.54 Å². The molecule has 3 N–H and O–H groups in total. The highest BCUT2D eigenvalue weighted by atomic mass is 16.2. The number of hydrogen-bond acceptors (Lipinski definition) is 4. The van der Waals surface area contributed by atoms with Crippen molar-refractivity contribution < 1.29 is 4.79 Å². The molecule has 0 spiro atoms. The first-order valence-corrected chi connectivity index (χ1v) is 6.91. The molecule has 3 rings (SSSR count). The molecule has 1 aromatic heterocycles. The zero-order valence-electron chi connectivity index (χ0n) is 11.9. The van der Waals surface area contributed by atoms with Gasteiger partial charge in [-0.25, -0.2) is 4.79 Å². The Morgan fingerprint density at radius 2 is 2.10 bits per heavy atom. The van der Waals surface area contributed by atoms with Gasteiger partial charge in [-0.05, 0) is 24.6 Å². The van der Waals surface area contributed by atoms with E-state index in [0.29, 0.717) is 13.1 Å². The van der Waals surface area contributed by atoms with Gasteiger partial charge in [-0.15, -0.1) is 10.2 Å². The predicted molar refractivity (Wildman–Crippen MR) is 78.5 cm³/mol. The quantitative estimate of drug-likeness (QED) is 0.872. The SMILES string of the molecule is CC(N)c1ccc(NC(=O)N2CCn3cnnc3C2)cc1. The van der Waals surface area contributed by atoms with E-state index in [-0.39, 0.29) is 12.1 Å². The number of amides is 2. The van der Waals surface area contributed by atoms with Gasteiger partial charge < -0.3 is 20.5 Å². The molecule has 2 amide bonds. The molecule has 0 fully saturated rings. The standard InChI is InChI=1S/C14H18N6O/c1-10(15)11-2-4-12(5-3-11)17-14(21)19-6-7-20-9-16-18-13(20)8-19/h2-5,9-10H,6-8,15H2,1H3,(H,17,21). The maximum absolute atomic E-state index is 12.3. The highest BCUT2D eigenvalue weighted by molar-refractivity contribution is 5.89. The van der Waals surface area contributed by atoms with Crippen molar-refractivity contribution in [1.29, 1.82) is 0 Å². The number of anilines is 1. The molecule has 0 saturated heterocycles. The average molecular weight is 286 g/mol. The van der Waals surface area contributed by atoms with E-state index in [1.54, 1.807) is 11.2 Å². The van der Waals surface area contributed by atoms with Gasteiger partial charge >= 0.3 is 6.03 Å². The third-order valence-electron chi connectivity index (χ3n) is 3.61. The van der Waals surface area contributed by atoms with E-state index in [9.17, 15) is 4.79 Å². The van der Waals surface area contributed by atoms with E-state index < -0.39 is 0 Å². The number of aromatic nitrogens is 3. The smallest absolute Gasteiger partial charge is 0.322 e. The van der Waals surface area contributed by atoms with Crippen LogP contribution in [0.2, 0.25) is 0 Å². The molecule has 1 aliphatic rings. The number of nitrogens with zero attached hydrogens (tertiary/aromatic N) is 4. The topological polar surface area (TPSA) is 89.1 Å². The van der Waals surface area contributed by atoms with E-state index in [2.05, 4.69) is 15.5 Å². The monoisotopic (exact) mass is 286 g/mol. The first kappa shape index (κ1) is 13.6. The van der Waals surface area contributed by atoms with Crippen molar-refractivity contribution in [3.63, 3.8) is 0 Å². The lowest BCUT2D eigenvalue weighted by atomic mass is 10.1. The summed E-state index contributed by atoms with van der Waals surface area (Å²) in [6.45, 7) is 3.77. The van der Waals surface area contributed by atoms with Crippen LogP contribution in [0.5, 0.6) is 0 Å². The molecule has 7 heteroatoms. The zero-order chi connectivity index (χ0) is 14.8. The number of benzene rings is 1. The van der Waals surface area contributed by atoms with Crippen molar-refractivity contribution in [2.75, 3.05) is 11.9 Å². The van der Waals surface area contributed by atoms with Crippen molar-refractivity contribution >= 4 is 11.7 Å². The lowest BCUT2D eigenvalue weighted by molar-refractivity contribution is 0.195. The molecule has 1 unspecified atom stereocenters. The third kappa shape index (κ3) is 2.87. The Morgan fingerprint density at radius 3 is 2.81 bits per heavy atom. The molecule has 110 valence electrons. The average Bonchev–Trinajstić information content (AvgIpc) is 2.95. The van der Waals surface area contributed by atoms with Crippen molar-refractivity contribution in [3.05, 3.63) is 42.0 Å². The fourth-order valence-corrected chi connectivity index (χ4v) is 2.31. The molecule has 0 aliphatic carbocycles. The summed E-state index contributed by atoms with van der Waals surface area (Å²) < 4.78 is 1.96. The minimum absolute atomic E-state index is 0.0109. The van der Waals surface area contributed by atoms with E-state index in [1.165, 1.54) is 0 Å². The van der Waals surface area contributed by atoms with Gasteiger partial charge in [0.1, 0.15) is 6.33 Å². The molecular formula is C14H18N6O. The van der Waals surface area contributed by atoms with Crippen LogP contribution in [0.25, 0.3) is 0 Å². The van der Waals surface area contributed by atoms with Crippen LogP contribution in [0.1, 0.15) is 24.4 Å². The van der Waals surface area contributed by atoms with Crippen molar-refractivity contribution in [3.8, 4) is 0 Å². The molecule has 21 heavy (non-hydrogen) atoms. The molecule has 2 heterocycles. The van der Waals surface area contributed by atoms with Gasteiger partial charge in [0.25, 0.3) is 0 Å². The molecule has 1 atom stereocenters. The highest BCUT2D eigenvalue weighted by Crippen LogP contribution is 2.16. The number of carbonyl (C=O) groups excluding carboxylic acids is 1. The van der Waals surface area contributed by atoms with Crippen molar-refractivity contribution in [1.82, 2.24) is 19.7 Å². The number of hydrogen-bond donors (Lipinski definition) is 2. The minimum atomic E-state index is -0.127. The Morgan fingerprint density at radius 1 is 1.33 bits per heavy atom.